The fourth-order valence-corrected chi connectivity index (χ4v) is 4.58. The molecule has 9 nitrogen and oxygen atoms in total. The average molecular weight is 471 g/mol. The summed E-state index contributed by atoms with van der Waals surface area (Å²) in [6, 6.07) is 11.9. The Labute approximate surface area is 200 Å². The summed E-state index contributed by atoms with van der Waals surface area (Å²) in [5, 5.41) is 17.6. The van der Waals surface area contributed by atoms with Crippen molar-refractivity contribution in [1.82, 2.24) is 25.1 Å². The highest BCUT2D eigenvalue weighted by Crippen LogP contribution is 2.34. The third kappa shape index (κ3) is 4.14. The largest absolute Gasteiger partial charge is 0.363 e. The van der Waals surface area contributed by atoms with Gasteiger partial charge in [0.25, 0.3) is 0 Å². The van der Waals surface area contributed by atoms with Crippen LogP contribution < -0.4 is 16.0 Å². The quantitative estimate of drug-likeness (QED) is 0.328. The molecule has 0 saturated heterocycles. The van der Waals surface area contributed by atoms with Crippen molar-refractivity contribution in [2.45, 2.75) is 18.9 Å². The number of hydrogen-bond acceptors (Lipinski definition) is 6. The van der Waals surface area contributed by atoms with Gasteiger partial charge >= 0.3 is 6.03 Å². The summed E-state index contributed by atoms with van der Waals surface area (Å²) in [5.74, 6) is 1.14. The van der Waals surface area contributed by atoms with Gasteiger partial charge in [-0.3, -0.25) is 5.10 Å². The van der Waals surface area contributed by atoms with E-state index in [2.05, 4.69) is 42.2 Å². The molecule has 2 amide bonds. The summed E-state index contributed by atoms with van der Waals surface area (Å²) in [4.78, 5) is 23.2. The van der Waals surface area contributed by atoms with Gasteiger partial charge in [-0.25, -0.2) is 19.2 Å². The molecule has 0 saturated carbocycles. The van der Waals surface area contributed by atoms with Gasteiger partial charge in [-0.2, -0.15) is 5.10 Å². The second-order valence-electron chi connectivity index (χ2n) is 8.63. The minimum atomic E-state index is -0.447. The lowest BCUT2D eigenvalue weighted by molar-refractivity contribution is 0.215. The molecule has 2 aromatic carbocycles. The van der Waals surface area contributed by atoms with E-state index < -0.39 is 5.82 Å². The predicted octanol–water partition coefficient (Wildman–Crippen LogP) is 4.44. The Bertz CT molecular complexity index is 1450. The molecule has 10 heteroatoms. The van der Waals surface area contributed by atoms with Gasteiger partial charge in [0.15, 0.2) is 0 Å². The average Bonchev–Trinajstić information content (AvgIpc) is 3.53. The Balaban J connectivity index is 1.13. The first kappa shape index (κ1) is 21.1. The number of rotatable bonds is 4. The Kier molecular flexibility index (Phi) is 5.25. The number of anilines is 4. The monoisotopic (exact) mass is 470 g/mol. The van der Waals surface area contributed by atoms with Crippen LogP contribution in [-0.4, -0.2) is 50.2 Å². The predicted molar refractivity (Wildman–Crippen MR) is 132 cm³/mol. The zero-order valence-electron chi connectivity index (χ0n) is 18.8. The highest BCUT2D eigenvalue weighted by Gasteiger charge is 2.30. The molecule has 1 unspecified atom stereocenters. The number of aromatic nitrogens is 4. The molecule has 2 aliphatic rings. The second-order valence-corrected chi connectivity index (χ2v) is 8.63. The summed E-state index contributed by atoms with van der Waals surface area (Å²) >= 11 is 0. The van der Waals surface area contributed by atoms with Crippen LogP contribution in [-0.2, 0) is 6.42 Å². The van der Waals surface area contributed by atoms with Gasteiger partial charge in [0.2, 0.25) is 0 Å². The summed E-state index contributed by atoms with van der Waals surface area (Å²) in [7, 11) is 0. The number of urea groups is 1. The van der Waals surface area contributed by atoms with E-state index in [0.717, 1.165) is 46.6 Å². The van der Waals surface area contributed by atoms with Gasteiger partial charge < -0.3 is 20.9 Å². The molecule has 4 aromatic rings. The zero-order valence-corrected chi connectivity index (χ0v) is 18.8. The molecule has 4 N–H and O–H groups in total. The van der Waals surface area contributed by atoms with E-state index >= 15 is 0 Å². The van der Waals surface area contributed by atoms with Gasteiger partial charge in [0.1, 0.15) is 23.8 Å². The van der Waals surface area contributed by atoms with Crippen LogP contribution >= 0.6 is 0 Å². The fraction of sp³-hybridized carbons (Fsp3) is 0.200. The van der Waals surface area contributed by atoms with Crippen molar-refractivity contribution in [3.8, 4) is 0 Å². The lowest BCUT2D eigenvalue weighted by Crippen LogP contribution is -2.39. The van der Waals surface area contributed by atoms with Crippen LogP contribution in [0.1, 0.15) is 12.0 Å². The summed E-state index contributed by atoms with van der Waals surface area (Å²) < 4.78 is 13.9. The van der Waals surface area contributed by atoms with E-state index in [9.17, 15) is 9.18 Å². The van der Waals surface area contributed by atoms with Crippen molar-refractivity contribution in [3.63, 3.8) is 0 Å². The SMILES string of the molecule is O=C(Nc1ccccc1F)N1CC=C(C2Cc3c(Nc4ccc5[nH]ncc5c4)ncnc3N2)CC1. The van der Waals surface area contributed by atoms with Crippen LogP contribution in [0.2, 0.25) is 0 Å². The van der Waals surface area contributed by atoms with Gasteiger partial charge in [-0.15, -0.1) is 0 Å². The molecule has 0 fully saturated rings. The van der Waals surface area contributed by atoms with Crippen LogP contribution in [0.5, 0.6) is 0 Å². The van der Waals surface area contributed by atoms with Gasteiger partial charge in [0, 0.05) is 36.1 Å². The second kappa shape index (κ2) is 8.71. The smallest absolute Gasteiger partial charge is 0.322 e. The normalized spacial score (nSPS) is 17.0. The van der Waals surface area contributed by atoms with Crippen molar-refractivity contribution in [3.05, 3.63) is 78.0 Å². The lowest BCUT2D eigenvalue weighted by Gasteiger charge is -2.29. The zero-order chi connectivity index (χ0) is 23.8. The van der Waals surface area contributed by atoms with E-state index in [-0.39, 0.29) is 17.8 Å². The Hall–Kier alpha value is -4.47. The number of aromatic amines is 1. The van der Waals surface area contributed by atoms with E-state index in [0.29, 0.717) is 13.1 Å². The van der Waals surface area contributed by atoms with Crippen molar-refractivity contribution in [2.75, 3.05) is 29.0 Å². The molecule has 0 bridgehead atoms. The number of halogens is 1. The minimum absolute atomic E-state index is 0.0929. The Morgan fingerprint density at radius 3 is 2.94 bits per heavy atom. The molecular formula is C25H23FN8O. The number of benzene rings is 2. The van der Waals surface area contributed by atoms with E-state index in [1.807, 2.05) is 18.2 Å². The molecule has 0 spiro atoms. The topological polar surface area (TPSA) is 111 Å². The van der Waals surface area contributed by atoms with Crippen molar-refractivity contribution in [2.24, 2.45) is 0 Å². The van der Waals surface area contributed by atoms with E-state index in [1.165, 1.54) is 11.6 Å². The van der Waals surface area contributed by atoms with Gasteiger partial charge in [-0.1, -0.05) is 18.2 Å². The summed E-state index contributed by atoms with van der Waals surface area (Å²) in [5.41, 5.74) is 4.35. The molecule has 2 aliphatic heterocycles. The molecule has 6 rings (SSSR count). The number of carbonyl (C=O) groups excluding carboxylic acids is 1. The summed E-state index contributed by atoms with van der Waals surface area (Å²) in [6.45, 7) is 1.02. The number of nitrogens with one attached hydrogen (secondary N) is 4. The number of fused-ring (bicyclic) bond motifs is 2. The van der Waals surface area contributed by atoms with Crippen molar-refractivity contribution >= 4 is 39.9 Å². The third-order valence-electron chi connectivity index (χ3n) is 6.46. The lowest BCUT2D eigenvalue weighted by atomic mass is 9.97. The Morgan fingerprint density at radius 2 is 2.09 bits per heavy atom. The van der Waals surface area contributed by atoms with Crippen LogP contribution in [0.3, 0.4) is 0 Å². The standard InChI is InChI=1S/C25H23FN8O/c26-19-3-1-2-4-21(19)32-25(35)34-9-7-15(8-10-34)22-12-18-23(27-14-28-24(18)31-22)30-17-5-6-20-16(11-17)13-29-33-20/h1-7,11,13-14,22H,8-10,12H2,(H,29,33)(H,32,35)(H2,27,28,30,31). The maximum Gasteiger partial charge on any atom is 0.322 e. The number of hydrogen-bond donors (Lipinski definition) is 4. The molecule has 176 valence electrons. The maximum atomic E-state index is 13.9. The van der Waals surface area contributed by atoms with Crippen LogP contribution in [0.25, 0.3) is 10.9 Å². The number of nitrogens with zero attached hydrogens (tertiary/aromatic N) is 4. The third-order valence-corrected chi connectivity index (χ3v) is 6.46. The Morgan fingerprint density at radius 1 is 1.17 bits per heavy atom. The maximum absolute atomic E-state index is 13.9. The van der Waals surface area contributed by atoms with Crippen LogP contribution in [0.4, 0.5) is 32.2 Å². The molecule has 0 radical (unpaired) electrons. The van der Waals surface area contributed by atoms with Crippen molar-refractivity contribution in [1.29, 1.82) is 0 Å². The molecule has 1 atom stereocenters. The number of amides is 2. The first-order valence-electron chi connectivity index (χ1n) is 11.4. The van der Waals surface area contributed by atoms with Gasteiger partial charge in [-0.05, 0) is 42.3 Å². The van der Waals surface area contributed by atoms with Crippen LogP contribution in [0, 0.1) is 5.82 Å². The molecular weight excluding hydrogens is 447 g/mol. The summed E-state index contributed by atoms with van der Waals surface area (Å²) in [6.07, 6.45) is 6.89. The minimum Gasteiger partial charge on any atom is -0.363 e. The highest BCUT2D eigenvalue weighted by molar-refractivity contribution is 5.89. The number of para-hydroxylation sites is 1. The highest BCUT2D eigenvalue weighted by atomic mass is 19.1. The molecule has 0 aliphatic carbocycles. The molecule has 2 aromatic heterocycles. The number of carbonyl (C=O) groups is 1. The number of H-pyrrole nitrogens is 1. The first-order chi connectivity index (χ1) is 17.1. The molecule has 4 heterocycles. The van der Waals surface area contributed by atoms with Crippen molar-refractivity contribution < 1.29 is 9.18 Å². The fourth-order valence-electron chi connectivity index (χ4n) is 4.58. The molecule has 35 heavy (non-hydrogen) atoms. The van der Waals surface area contributed by atoms with E-state index in [1.54, 1.807) is 35.6 Å². The van der Waals surface area contributed by atoms with E-state index in [4.69, 9.17) is 0 Å². The van der Waals surface area contributed by atoms with Gasteiger partial charge in [0.05, 0.1) is 23.4 Å². The van der Waals surface area contributed by atoms with Crippen LogP contribution in [0.15, 0.2) is 66.6 Å². The first-order valence-corrected chi connectivity index (χ1v) is 11.4.